The Kier molecular flexibility index (Phi) is 6.38. The molecule has 3 aromatic carbocycles. The second-order valence-corrected chi connectivity index (χ2v) is 7.22. The molecule has 146 valence electrons. The van der Waals surface area contributed by atoms with Crippen LogP contribution in [-0.2, 0) is 6.54 Å². The predicted molar refractivity (Wildman–Crippen MR) is 122 cm³/mol. The largest absolute Gasteiger partial charge is 0.385 e. The Morgan fingerprint density at radius 1 is 0.655 bits per heavy atom. The highest BCUT2D eigenvalue weighted by Gasteiger charge is 2.14. The fourth-order valence-corrected chi connectivity index (χ4v) is 3.63. The molecule has 0 unspecified atom stereocenters. The van der Waals surface area contributed by atoms with E-state index >= 15 is 0 Å². The number of anilines is 1. The van der Waals surface area contributed by atoms with E-state index in [0.717, 1.165) is 37.2 Å². The summed E-state index contributed by atoms with van der Waals surface area (Å²) in [4.78, 5) is 4.77. The van der Waals surface area contributed by atoms with Gasteiger partial charge in [-0.2, -0.15) is 0 Å². The van der Waals surface area contributed by atoms with Crippen LogP contribution in [0, 0.1) is 0 Å². The number of aryl methyl sites for hydroxylation is 1. The number of nitrogens with zero attached hydrogens (tertiary/aromatic N) is 2. The van der Waals surface area contributed by atoms with Crippen LogP contribution >= 0.6 is 0 Å². The van der Waals surface area contributed by atoms with E-state index in [1.807, 2.05) is 18.5 Å². The van der Waals surface area contributed by atoms with Gasteiger partial charge in [-0.15, -0.1) is 0 Å². The number of unbranched alkanes of at least 4 members (excludes halogenated alkanes) is 2. The van der Waals surface area contributed by atoms with Crippen molar-refractivity contribution in [3.05, 3.63) is 97.3 Å². The fraction of sp³-hybridized carbons (Fsp3) is 0.192. The summed E-state index contributed by atoms with van der Waals surface area (Å²) in [6, 6.07) is 31.5. The smallest absolute Gasteiger partial charge is 0.0963 e. The van der Waals surface area contributed by atoms with Gasteiger partial charge in [-0.1, -0.05) is 78.9 Å². The molecule has 3 nitrogen and oxygen atoms in total. The lowest BCUT2D eigenvalue weighted by Gasteiger charge is -2.11. The molecule has 1 aromatic heterocycles. The van der Waals surface area contributed by atoms with Gasteiger partial charge < -0.3 is 9.88 Å². The van der Waals surface area contributed by atoms with Crippen LogP contribution in [0.5, 0.6) is 0 Å². The molecule has 29 heavy (non-hydrogen) atoms. The van der Waals surface area contributed by atoms with Crippen molar-refractivity contribution in [2.24, 2.45) is 0 Å². The second kappa shape index (κ2) is 9.74. The first-order valence-electron chi connectivity index (χ1n) is 10.4. The Bertz CT molecular complexity index is 992. The molecule has 0 saturated carbocycles. The number of benzene rings is 3. The Morgan fingerprint density at radius 3 is 1.97 bits per heavy atom. The lowest BCUT2D eigenvalue weighted by Crippen LogP contribution is -2.03. The van der Waals surface area contributed by atoms with Crippen LogP contribution in [-0.4, -0.2) is 16.1 Å². The third-order valence-corrected chi connectivity index (χ3v) is 5.11. The molecule has 0 aliphatic rings. The molecule has 0 amide bonds. The number of aromatic nitrogens is 2. The molecule has 1 N–H and O–H groups in total. The van der Waals surface area contributed by atoms with E-state index in [1.54, 1.807) is 0 Å². The lowest BCUT2D eigenvalue weighted by molar-refractivity contribution is 0.599. The molecule has 0 radical (unpaired) electrons. The molecule has 0 saturated heterocycles. The Balaban J connectivity index is 1.40. The molecule has 4 rings (SSSR count). The summed E-state index contributed by atoms with van der Waals surface area (Å²) in [7, 11) is 0. The minimum absolute atomic E-state index is 0.982. The molecular weight excluding hydrogens is 354 g/mol. The molecular formula is C26H27N3. The first-order chi connectivity index (χ1) is 14.4. The van der Waals surface area contributed by atoms with Crippen LogP contribution in [0.3, 0.4) is 0 Å². The average Bonchev–Trinajstić information content (AvgIpc) is 3.22. The number of para-hydroxylation sites is 1. The topological polar surface area (TPSA) is 29.9 Å². The molecule has 0 aliphatic heterocycles. The van der Waals surface area contributed by atoms with E-state index in [1.165, 1.54) is 23.4 Å². The first-order valence-corrected chi connectivity index (χ1v) is 10.4. The quantitative estimate of drug-likeness (QED) is 0.335. The van der Waals surface area contributed by atoms with Gasteiger partial charge in [0.05, 0.1) is 17.7 Å². The van der Waals surface area contributed by atoms with Gasteiger partial charge in [0.2, 0.25) is 0 Å². The van der Waals surface area contributed by atoms with Crippen molar-refractivity contribution in [2.45, 2.75) is 25.8 Å². The van der Waals surface area contributed by atoms with Gasteiger partial charge in [-0.3, -0.25) is 0 Å². The van der Waals surface area contributed by atoms with Crippen LogP contribution in [0.1, 0.15) is 19.3 Å². The maximum absolute atomic E-state index is 4.77. The third kappa shape index (κ3) is 4.94. The van der Waals surface area contributed by atoms with Gasteiger partial charge in [0.1, 0.15) is 0 Å². The maximum Gasteiger partial charge on any atom is 0.0963 e. The monoisotopic (exact) mass is 381 g/mol. The van der Waals surface area contributed by atoms with Gasteiger partial charge in [0, 0.05) is 29.9 Å². The van der Waals surface area contributed by atoms with Crippen molar-refractivity contribution >= 4 is 5.69 Å². The van der Waals surface area contributed by atoms with E-state index < -0.39 is 0 Å². The van der Waals surface area contributed by atoms with Crippen molar-refractivity contribution in [1.82, 2.24) is 9.55 Å². The number of hydrogen-bond acceptors (Lipinski definition) is 2. The van der Waals surface area contributed by atoms with Crippen molar-refractivity contribution in [1.29, 1.82) is 0 Å². The molecule has 0 atom stereocenters. The molecule has 1 heterocycles. The Hall–Kier alpha value is -3.33. The maximum atomic E-state index is 4.77. The minimum atomic E-state index is 0.982. The van der Waals surface area contributed by atoms with Crippen molar-refractivity contribution in [2.75, 3.05) is 11.9 Å². The van der Waals surface area contributed by atoms with Crippen LogP contribution in [0.25, 0.3) is 22.5 Å². The summed E-state index contributed by atoms with van der Waals surface area (Å²) in [6.07, 6.45) is 5.48. The molecule has 0 fully saturated rings. The zero-order chi connectivity index (χ0) is 19.7. The van der Waals surface area contributed by atoms with E-state index in [9.17, 15) is 0 Å². The standard InChI is InChI=1S/C26H27N3/c1-5-13-22(14-6-1)25-26(23-15-7-2-8-16-23)29(21-28-25)20-12-4-11-19-27-24-17-9-3-10-18-24/h1-3,5-10,13-18,21,27H,4,11-12,19-20H2. The summed E-state index contributed by atoms with van der Waals surface area (Å²) in [6.45, 7) is 1.99. The van der Waals surface area contributed by atoms with Crippen LogP contribution in [0.4, 0.5) is 5.69 Å². The molecule has 0 aliphatic carbocycles. The van der Waals surface area contributed by atoms with Gasteiger partial charge in [-0.05, 0) is 31.4 Å². The summed E-state index contributed by atoms with van der Waals surface area (Å²) in [5, 5.41) is 3.49. The Labute approximate surface area is 173 Å². The van der Waals surface area contributed by atoms with Crippen LogP contribution in [0.2, 0.25) is 0 Å². The SMILES string of the molecule is c1ccc(NCCCCCn2cnc(-c3ccccc3)c2-c2ccccc2)cc1. The summed E-state index contributed by atoms with van der Waals surface area (Å²) in [5.41, 5.74) is 5.84. The predicted octanol–water partition coefficient (Wildman–Crippen LogP) is 6.50. The van der Waals surface area contributed by atoms with Crippen LogP contribution in [0.15, 0.2) is 97.3 Å². The first kappa shape index (κ1) is 19.0. The molecule has 0 spiro atoms. The summed E-state index contributed by atoms with van der Waals surface area (Å²) >= 11 is 0. The second-order valence-electron chi connectivity index (χ2n) is 7.22. The van der Waals surface area contributed by atoms with E-state index in [0.29, 0.717) is 0 Å². The lowest BCUT2D eigenvalue weighted by atomic mass is 10.0. The van der Waals surface area contributed by atoms with Crippen molar-refractivity contribution in [3.8, 4) is 22.5 Å². The normalized spacial score (nSPS) is 10.8. The highest BCUT2D eigenvalue weighted by atomic mass is 15.1. The van der Waals surface area contributed by atoms with Crippen LogP contribution < -0.4 is 5.32 Å². The van der Waals surface area contributed by atoms with Crippen molar-refractivity contribution in [3.63, 3.8) is 0 Å². The van der Waals surface area contributed by atoms with E-state index in [2.05, 4.69) is 88.7 Å². The molecule has 4 aromatic rings. The number of hydrogen-bond donors (Lipinski definition) is 1. The van der Waals surface area contributed by atoms with Gasteiger partial charge >= 0.3 is 0 Å². The number of imidazole rings is 1. The average molecular weight is 382 g/mol. The number of rotatable bonds is 9. The third-order valence-electron chi connectivity index (χ3n) is 5.11. The van der Waals surface area contributed by atoms with E-state index in [-0.39, 0.29) is 0 Å². The number of nitrogens with one attached hydrogen (secondary N) is 1. The summed E-state index contributed by atoms with van der Waals surface area (Å²) in [5.74, 6) is 0. The minimum Gasteiger partial charge on any atom is -0.385 e. The highest BCUT2D eigenvalue weighted by Crippen LogP contribution is 2.31. The summed E-state index contributed by atoms with van der Waals surface area (Å²) < 4.78 is 2.31. The van der Waals surface area contributed by atoms with Gasteiger partial charge in [0.15, 0.2) is 0 Å². The van der Waals surface area contributed by atoms with Gasteiger partial charge in [0.25, 0.3) is 0 Å². The van der Waals surface area contributed by atoms with Gasteiger partial charge in [-0.25, -0.2) is 4.98 Å². The molecule has 0 bridgehead atoms. The van der Waals surface area contributed by atoms with E-state index in [4.69, 9.17) is 4.98 Å². The zero-order valence-electron chi connectivity index (χ0n) is 16.7. The Morgan fingerprint density at radius 2 is 1.28 bits per heavy atom. The molecule has 3 heteroatoms. The zero-order valence-corrected chi connectivity index (χ0v) is 16.7. The van der Waals surface area contributed by atoms with Crippen molar-refractivity contribution < 1.29 is 0 Å². The fourth-order valence-electron chi connectivity index (χ4n) is 3.63. The highest BCUT2D eigenvalue weighted by molar-refractivity contribution is 5.78.